The number of hydrogen-bond acceptors (Lipinski definition) is 4. The lowest BCUT2D eigenvalue weighted by atomic mass is 10.1. The summed E-state index contributed by atoms with van der Waals surface area (Å²) in [6.45, 7) is 16.8. The average molecular weight is 299 g/mol. The fourth-order valence-electron chi connectivity index (χ4n) is 2.91. The van der Waals surface area contributed by atoms with Gasteiger partial charge in [-0.2, -0.15) is 0 Å². The van der Waals surface area contributed by atoms with E-state index in [0.29, 0.717) is 24.7 Å². The van der Waals surface area contributed by atoms with Crippen molar-refractivity contribution >= 4 is 5.91 Å². The Bertz CT molecular complexity index is 309. The summed E-state index contributed by atoms with van der Waals surface area (Å²) in [5.41, 5.74) is 0. The molecule has 5 heteroatoms. The second-order valence-electron chi connectivity index (χ2n) is 6.77. The number of carbonyl (C=O) groups excluding carboxylic acids is 1. The SMILES string of the molecule is CC(C)NC(=O)CN1[C@H](C)CN(CCOC(C)C)C[C@@H]1C. The van der Waals surface area contributed by atoms with Crippen LogP contribution in [0.4, 0.5) is 0 Å². The van der Waals surface area contributed by atoms with Crippen molar-refractivity contribution < 1.29 is 9.53 Å². The topological polar surface area (TPSA) is 44.8 Å². The Hall–Kier alpha value is -0.650. The van der Waals surface area contributed by atoms with E-state index in [0.717, 1.165) is 26.2 Å². The lowest BCUT2D eigenvalue weighted by Crippen LogP contribution is -2.59. The Morgan fingerprint density at radius 1 is 1.19 bits per heavy atom. The van der Waals surface area contributed by atoms with Crippen LogP contribution in [0.15, 0.2) is 0 Å². The van der Waals surface area contributed by atoms with E-state index in [2.05, 4.69) is 42.8 Å². The fourth-order valence-corrected chi connectivity index (χ4v) is 2.91. The van der Waals surface area contributed by atoms with E-state index in [-0.39, 0.29) is 11.9 Å². The van der Waals surface area contributed by atoms with Gasteiger partial charge in [0.25, 0.3) is 0 Å². The van der Waals surface area contributed by atoms with E-state index in [9.17, 15) is 4.79 Å². The second kappa shape index (κ2) is 8.71. The van der Waals surface area contributed by atoms with Gasteiger partial charge in [-0.05, 0) is 41.5 Å². The van der Waals surface area contributed by atoms with Crippen molar-refractivity contribution in [2.24, 2.45) is 0 Å². The Balaban J connectivity index is 2.41. The fraction of sp³-hybridized carbons (Fsp3) is 0.938. The molecule has 1 aliphatic rings. The van der Waals surface area contributed by atoms with E-state index >= 15 is 0 Å². The molecule has 1 rings (SSSR count). The van der Waals surface area contributed by atoms with Crippen LogP contribution in [-0.2, 0) is 9.53 Å². The summed E-state index contributed by atoms with van der Waals surface area (Å²) in [7, 11) is 0. The Morgan fingerprint density at radius 3 is 2.24 bits per heavy atom. The van der Waals surface area contributed by atoms with Gasteiger partial charge < -0.3 is 10.1 Å². The third kappa shape index (κ3) is 6.76. The maximum atomic E-state index is 12.0. The zero-order valence-corrected chi connectivity index (χ0v) is 14.6. The van der Waals surface area contributed by atoms with Crippen LogP contribution in [0.2, 0.25) is 0 Å². The van der Waals surface area contributed by atoms with Crippen LogP contribution in [-0.4, -0.2) is 72.7 Å². The highest BCUT2D eigenvalue weighted by molar-refractivity contribution is 5.78. The van der Waals surface area contributed by atoms with Gasteiger partial charge in [-0.1, -0.05) is 0 Å². The van der Waals surface area contributed by atoms with Crippen LogP contribution in [0.1, 0.15) is 41.5 Å². The Kier molecular flexibility index (Phi) is 7.63. The summed E-state index contributed by atoms with van der Waals surface area (Å²) in [5, 5.41) is 2.97. The first-order valence-corrected chi connectivity index (χ1v) is 8.18. The van der Waals surface area contributed by atoms with Crippen molar-refractivity contribution in [2.45, 2.75) is 65.8 Å². The van der Waals surface area contributed by atoms with Crippen LogP contribution < -0.4 is 5.32 Å². The molecule has 0 aromatic heterocycles. The number of nitrogens with zero attached hydrogens (tertiary/aromatic N) is 2. The Morgan fingerprint density at radius 2 is 1.76 bits per heavy atom. The molecule has 0 unspecified atom stereocenters. The summed E-state index contributed by atoms with van der Waals surface area (Å²) in [6.07, 6.45) is 0.292. The number of rotatable bonds is 7. The highest BCUT2D eigenvalue weighted by atomic mass is 16.5. The predicted molar refractivity (Wildman–Crippen MR) is 86.4 cm³/mol. The minimum Gasteiger partial charge on any atom is -0.377 e. The van der Waals surface area contributed by atoms with Crippen molar-refractivity contribution in [3.05, 3.63) is 0 Å². The first kappa shape index (κ1) is 18.4. The molecule has 0 aliphatic carbocycles. The maximum absolute atomic E-state index is 12.0. The van der Waals surface area contributed by atoms with Crippen molar-refractivity contribution in [3.63, 3.8) is 0 Å². The molecule has 1 amide bonds. The van der Waals surface area contributed by atoms with E-state index in [1.807, 2.05) is 13.8 Å². The minimum absolute atomic E-state index is 0.125. The van der Waals surface area contributed by atoms with Crippen molar-refractivity contribution in [3.8, 4) is 0 Å². The van der Waals surface area contributed by atoms with Gasteiger partial charge >= 0.3 is 0 Å². The molecule has 21 heavy (non-hydrogen) atoms. The summed E-state index contributed by atoms with van der Waals surface area (Å²) in [4.78, 5) is 16.7. The molecule has 0 aromatic carbocycles. The van der Waals surface area contributed by atoms with Crippen LogP contribution >= 0.6 is 0 Å². The molecule has 1 N–H and O–H groups in total. The van der Waals surface area contributed by atoms with Crippen LogP contribution in [0, 0.1) is 0 Å². The molecule has 1 aliphatic heterocycles. The maximum Gasteiger partial charge on any atom is 0.234 e. The molecule has 1 saturated heterocycles. The standard InChI is InChI=1S/C16H33N3O2/c1-12(2)17-16(20)11-19-14(5)9-18(10-15(19)6)7-8-21-13(3)4/h12-15H,7-11H2,1-6H3,(H,17,20)/t14-,15+. The molecule has 0 saturated carbocycles. The molecule has 1 fully saturated rings. The molecule has 0 aromatic rings. The van der Waals surface area contributed by atoms with E-state index in [1.165, 1.54) is 0 Å². The molecule has 0 radical (unpaired) electrons. The summed E-state index contributed by atoms with van der Waals surface area (Å²) < 4.78 is 5.63. The van der Waals surface area contributed by atoms with Gasteiger partial charge in [-0.3, -0.25) is 14.6 Å². The quantitative estimate of drug-likeness (QED) is 0.770. The van der Waals surface area contributed by atoms with Gasteiger partial charge in [0.1, 0.15) is 0 Å². The van der Waals surface area contributed by atoms with Crippen molar-refractivity contribution in [1.82, 2.24) is 15.1 Å². The molecule has 0 bridgehead atoms. The molecule has 0 spiro atoms. The van der Waals surface area contributed by atoms with Crippen molar-refractivity contribution in [2.75, 3.05) is 32.8 Å². The number of nitrogens with one attached hydrogen (secondary N) is 1. The molecule has 1 heterocycles. The first-order chi connectivity index (χ1) is 9.79. The molecule has 2 atom stereocenters. The van der Waals surface area contributed by atoms with Crippen LogP contribution in [0.3, 0.4) is 0 Å². The zero-order chi connectivity index (χ0) is 16.0. The first-order valence-electron chi connectivity index (χ1n) is 8.18. The molecular weight excluding hydrogens is 266 g/mol. The van der Waals surface area contributed by atoms with E-state index in [4.69, 9.17) is 4.74 Å². The minimum atomic E-state index is 0.125. The third-order valence-electron chi connectivity index (χ3n) is 3.81. The third-order valence-corrected chi connectivity index (χ3v) is 3.81. The average Bonchev–Trinajstić information content (AvgIpc) is 2.32. The van der Waals surface area contributed by atoms with Crippen molar-refractivity contribution in [1.29, 1.82) is 0 Å². The number of amides is 1. The lowest BCUT2D eigenvalue weighted by molar-refractivity contribution is -0.125. The lowest BCUT2D eigenvalue weighted by Gasteiger charge is -2.44. The highest BCUT2D eigenvalue weighted by Gasteiger charge is 2.30. The smallest absolute Gasteiger partial charge is 0.234 e. The molecule has 5 nitrogen and oxygen atoms in total. The summed E-state index contributed by atoms with van der Waals surface area (Å²) >= 11 is 0. The van der Waals surface area contributed by atoms with Crippen LogP contribution in [0.5, 0.6) is 0 Å². The normalized spacial score (nSPS) is 24.8. The number of carbonyl (C=O) groups is 1. The zero-order valence-electron chi connectivity index (χ0n) is 14.6. The van der Waals surface area contributed by atoms with E-state index in [1.54, 1.807) is 0 Å². The van der Waals surface area contributed by atoms with Crippen LogP contribution in [0.25, 0.3) is 0 Å². The van der Waals surface area contributed by atoms with Gasteiger partial charge in [-0.25, -0.2) is 0 Å². The predicted octanol–water partition coefficient (Wildman–Crippen LogP) is 1.33. The number of ether oxygens (including phenoxy) is 1. The van der Waals surface area contributed by atoms with Gasteiger partial charge in [0.05, 0.1) is 19.3 Å². The number of piperazine rings is 1. The number of hydrogen-bond donors (Lipinski definition) is 1. The van der Waals surface area contributed by atoms with Gasteiger partial charge in [0.15, 0.2) is 0 Å². The van der Waals surface area contributed by atoms with Gasteiger partial charge in [0, 0.05) is 37.8 Å². The highest BCUT2D eigenvalue weighted by Crippen LogP contribution is 2.15. The summed E-state index contributed by atoms with van der Waals surface area (Å²) in [6, 6.07) is 0.994. The van der Waals surface area contributed by atoms with Gasteiger partial charge in [0.2, 0.25) is 5.91 Å². The van der Waals surface area contributed by atoms with E-state index < -0.39 is 0 Å². The van der Waals surface area contributed by atoms with Gasteiger partial charge in [-0.15, -0.1) is 0 Å². The monoisotopic (exact) mass is 299 g/mol. The largest absolute Gasteiger partial charge is 0.377 e. The Labute approximate surface area is 130 Å². The molecular formula is C16H33N3O2. The second-order valence-corrected chi connectivity index (χ2v) is 6.77. The molecule has 124 valence electrons. The summed E-state index contributed by atoms with van der Waals surface area (Å²) in [5.74, 6) is 0.125.